The zero-order valence-corrected chi connectivity index (χ0v) is 12.2. The van der Waals surface area contributed by atoms with Crippen LogP contribution in [0.3, 0.4) is 0 Å². The van der Waals surface area contributed by atoms with Crippen LogP contribution in [0.5, 0.6) is 0 Å². The Hall–Kier alpha value is -1.55. The van der Waals surface area contributed by atoms with E-state index in [1.165, 1.54) is 11.1 Å². The second-order valence-electron chi connectivity index (χ2n) is 4.26. The molecule has 1 aromatic heterocycles. The van der Waals surface area contributed by atoms with E-state index in [2.05, 4.69) is 58.8 Å². The Bertz CT molecular complexity index is 549. The van der Waals surface area contributed by atoms with Crippen molar-refractivity contribution >= 4 is 27.6 Å². The second-order valence-corrected chi connectivity index (χ2v) is 5.11. The van der Waals surface area contributed by atoms with E-state index in [0.717, 1.165) is 22.7 Å². The predicted octanol–water partition coefficient (Wildman–Crippen LogP) is 4.19. The lowest BCUT2D eigenvalue weighted by Gasteiger charge is -2.13. The van der Waals surface area contributed by atoms with Crippen LogP contribution in [0.15, 0.2) is 41.7 Å². The molecule has 94 valence electrons. The molecule has 2 aromatic rings. The van der Waals surface area contributed by atoms with E-state index in [0.29, 0.717) is 0 Å². The van der Waals surface area contributed by atoms with Crippen molar-refractivity contribution in [1.29, 1.82) is 0 Å². The molecule has 1 aromatic carbocycles. The molecule has 0 saturated carbocycles. The summed E-state index contributed by atoms with van der Waals surface area (Å²) >= 11 is 3.59. The Morgan fingerprint density at radius 3 is 2.89 bits per heavy atom. The molecule has 0 aliphatic heterocycles. The van der Waals surface area contributed by atoms with E-state index in [-0.39, 0.29) is 0 Å². The molecule has 1 heterocycles. The van der Waals surface area contributed by atoms with E-state index in [1.54, 1.807) is 6.20 Å². The number of nitrogens with zero attached hydrogens (tertiary/aromatic N) is 2. The third-order valence-electron chi connectivity index (χ3n) is 2.71. The molecule has 0 saturated heterocycles. The van der Waals surface area contributed by atoms with Crippen LogP contribution in [-0.2, 0) is 6.54 Å². The van der Waals surface area contributed by atoms with Crippen LogP contribution in [0.1, 0.15) is 11.1 Å². The van der Waals surface area contributed by atoms with Crippen LogP contribution >= 0.6 is 15.9 Å². The fourth-order valence-corrected chi connectivity index (χ4v) is 2.68. The van der Waals surface area contributed by atoms with Crippen molar-refractivity contribution in [3.8, 4) is 0 Å². The van der Waals surface area contributed by atoms with Crippen molar-refractivity contribution in [2.24, 2.45) is 0 Å². The molecule has 0 aliphatic carbocycles. The number of halogens is 1. The van der Waals surface area contributed by atoms with Gasteiger partial charge in [0.2, 0.25) is 5.95 Å². The number of aryl methyl sites for hydroxylation is 2. The van der Waals surface area contributed by atoms with Gasteiger partial charge in [0.1, 0.15) is 0 Å². The lowest BCUT2D eigenvalue weighted by Crippen LogP contribution is -2.03. The van der Waals surface area contributed by atoms with Crippen LogP contribution in [0.2, 0.25) is 0 Å². The van der Waals surface area contributed by atoms with Gasteiger partial charge >= 0.3 is 0 Å². The quantitative estimate of drug-likeness (QED) is 0.858. The van der Waals surface area contributed by atoms with Crippen molar-refractivity contribution in [3.05, 3.63) is 52.8 Å². The second kappa shape index (κ2) is 5.40. The van der Waals surface area contributed by atoms with Gasteiger partial charge in [-0.15, -0.1) is 6.58 Å². The molecule has 3 nitrogen and oxygen atoms in total. The van der Waals surface area contributed by atoms with E-state index < -0.39 is 0 Å². The van der Waals surface area contributed by atoms with Crippen LogP contribution in [-0.4, -0.2) is 9.55 Å². The highest BCUT2D eigenvalue weighted by molar-refractivity contribution is 9.10. The van der Waals surface area contributed by atoms with Crippen LogP contribution in [0.25, 0.3) is 0 Å². The molecule has 0 radical (unpaired) electrons. The van der Waals surface area contributed by atoms with Crippen LogP contribution in [0, 0.1) is 13.8 Å². The van der Waals surface area contributed by atoms with Crippen molar-refractivity contribution < 1.29 is 0 Å². The maximum Gasteiger partial charge on any atom is 0.207 e. The van der Waals surface area contributed by atoms with Crippen LogP contribution in [0.4, 0.5) is 11.6 Å². The van der Waals surface area contributed by atoms with Crippen molar-refractivity contribution in [2.75, 3.05) is 5.32 Å². The molecule has 0 unspecified atom stereocenters. The number of hydrogen-bond acceptors (Lipinski definition) is 2. The summed E-state index contributed by atoms with van der Waals surface area (Å²) < 4.78 is 3.06. The number of hydrogen-bond donors (Lipinski definition) is 1. The number of imidazole rings is 1. The Morgan fingerprint density at radius 2 is 2.22 bits per heavy atom. The molecule has 0 fully saturated rings. The third-order valence-corrected chi connectivity index (χ3v) is 3.34. The fraction of sp³-hybridized carbons (Fsp3) is 0.214. The van der Waals surface area contributed by atoms with Gasteiger partial charge in [-0.05, 0) is 47.0 Å². The Balaban J connectivity index is 2.34. The largest absolute Gasteiger partial charge is 0.324 e. The van der Waals surface area contributed by atoms with Gasteiger partial charge in [0, 0.05) is 23.4 Å². The summed E-state index contributed by atoms with van der Waals surface area (Å²) in [5.74, 6) is 0.822. The zero-order valence-electron chi connectivity index (χ0n) is 10.6. The summed E-state index contributed by atoms with van der Waals surface area (Å²) in [7, 11) is 0. The molecule has 1 N–H and O–H groups in total. The SMILES string of the molecule is C=CCn1ccnc1Nc1c(C)cc(C)cc1Br. The van der Waals surface area contributed by atoms with Gasteiger partial charge in [-0.3, -0.25) is 0 Å². The summed E-state index contributed by atoms with van der Waals surface area (Å²) in [6, 6.07) is 4.24. The highest BCUT2D eigenvalue weighted by Crippen LogP contribution is 2.30. The minimum absolute atomic E-state index is 0.741. The maximum atomic E-state index is 4.32. The first-order chi connectivity index (χ1) is 8.61. The number of nitrogens with one attached hydrogen (secondary N) is 1. The molecular weight excluding hydrogens is 290 g/mol. The van der Waals surface area contributed by atoms with Gasteiger partial charge in [-0.2, -0.15) is 0 Å². The summed E-state index contributed by atoms with van der Waals surface area (Å²) in [5, 5.41) is 3.36. The third kappa shape index (κ3) is 2.64. The molecule has 0 amide bonds. The number of anilines is 2. The topological polar surface area (TPSA) is 29.9 Å². The normalized spacial score (nSPS) is 10.4. The first-order valence-electron chi connectivity index (χ1n) is 5.77. The number of aromatic nitrogens is 2. The van der Waals surface area contributed by atoms with Gasteiger partial charge in [0.25, 0.3) is 0 Å². The van der Waals surface area contributed by atoms with Gasteiger partial charge in [0.05, 0.1) is 5.69 Å². The van der Waals surface area contributed by atoms with Crippen molar-refractivity contribution in [3.63, 3.8) is 0 Å². The Labute approximate surface area is 116 Å². The van der Waals surface area contributed by atoms with Gasteiger partial charge in [-0.25, -0.2) is 4.98 Å². The summed E-state index contributed by atoms with van der Waals surface area (Å²) in [5.41, 5.74) is 3.48. The van der Waals surface area contributed by atoms with E-state index >= 15 is 0 Å². The molecule has 0 spiro atoms. The van der Waals surface area contributed by atoms with E-state index in [1.807, 2.05) is 16.8 Å². The lowest BCUT2D eigenvalue weighted by atomic mass is 10.1. The standard InChI is InChI=1S/C14H16BrN3/c1-4-6-18-7-5-16-14(18)17-13-11(3)8-10(2)9-12(13)15/h4-5,7-9H,1,6H2,2-3H3,(H,16,17). The Morgan fingerprint density at radius 1 is 1.44 bits per heavy atom. The van der Waals surface area contributed by atoms with E-state index in [4.69, 9.17) is 0 Å². The minimum Gasteiger partial charge on any atom is -0.324 e. The smallest absolute Gasteiger partial charge is 0.207 e. The summed E-state index contributed by atoms with van der Waals surface area (Å²) in [6.07, 6.45) is 5.56. The van der Waals surface area contributed by atoms with E-state index in [9.17, 15) is 0 Å². The van der Waals surface area contributed by atoms with Gasteiger partial charge in [-0.1, -0.05) is 12.1 Å². The Kier molecular flexibility index (Phi) is 3.87. The van der Waals surface area contributed by atoms with Crippen molar-refractivity contribution in [2.45, 2.75) is 20.4 Å². The molecule has 2 rings (SSSR count). The van der Waals surface area contributed by atoms with Gasteiger partial charge in [0.15, 0.2) is 0 Å². The average molecular weight is 306 g/mol. The molecule has 0 aliphatic rings. The predicted molar refractivity (Wildman–Crippen MR) is 79.3 cm³/mol. The number of benzene rings is 1. The highest BCUT2D eigenvalue weighted by Gasteiger charge is 2.08. The molecule has 18 heavy (non-hydrogen) atoms. The highest BCUT2D eigenvalue weighted by atomic mass is 79.9. The summed E-state index contributed by atoms with van der Waals surface area (Å²) in [4.78, 5) is 4.32. The minimum atomic E-state index is 0.741. The number of allylic oxidation sites excluding steroid dienone is 1. The zero-order chi connectivity index (χ0) is 13.1. The number of rotatable bonds is 4. The summed E-state index contributed by atoms with van der Waals surface area (Å²) in [6.45, 7) is 8.65. The van der Waals surface area contributed by atoms with Crippen molar-refractivity contribution in [1.82, 2.24) is 9.55 Å². The van der Waals surface area contributed by atoms with Crippen LogP contribution < -0.4 is 5.32 Å². The first-order valence-corrected chi connectivity index (χ1v) is 6.57. The average Bonchev–Trinajstić information content (AvgIpc) is 2.71. The fourth-order valence-electron chi connectivity index (χ4n) is 1.91. The first kappa shape index (κ1) is 12.9. The lowest BCUT2D eigenvalue weighted by molar-refractivity contribution is 0.832. The molecular formula is C14H16BrN3. The van der Waals surface area contributed by atoms with Gasteiger partial charge < -0.3 is 9.88 Å². The molecule has 4 heteroatoms. The monoisotopic (exact) mass is 305 g/mol. The maximum absolute atomic E-state index is 4.32. The molecule has 0 atom stereocenters. The molecule has 0 bridgehead atoms.